The summed E-state index contributed by atoms with van der Waals surface area (Å²) in [5.74, 6) is 0.172. The second kappa shape index (κ2) is 4.97. The second-order valence-corrected chi connectivity index (χ2v) is 4.09. The number of carbonyl (C=O) groups is 1. The Labute approximate surface area is 96.6 Å². The van der Waals surface area contributed by atoms with Crippen molar-refractivity contribution in [3.05, 3.63) is 41.5 Å². The Balaban J connectivity index is 2.28. The summed E-state index contributed by atoms with van der Waals surface area (Å²) in [6, 6.07) is 7.80. The maximum absolute atomic E-state index is 12.2. The van der Waals surface area contributed by atoms with Crippen LogP contribution in [0.15, 0.2) is 30.3 Å². The first-order chi connectivity index (χ1) is 7.83. The molecule has 16 heavy (non-hydrogen) atoms. The van der Waals surface area contributed by atoms with Crippen LogP contribution >= 0.6 is 0 Å². The number of rotatable bonds is 2. The van der Waals surface area contributed by atoms with Gasteiger partial charge in [0.25, 0.3) is 5.91 Å². The Morgan fingerprint density at radius 3 is 2.62 bits per heavy atom. The third-order valence-corrected chi connectivity index (χ3v) is 2.93. The Hall–Kier alpha value is -1.57. The van der Waals surface area contributed by atoms with E-state index in [1.807, 2.05) is 48.2 Å². The molecule has 84 valence electrons. The summed E-state index contributed by atoms with van der Waals surface area (Å²) in [6.45, 7) is 3.78. The summed E-state index contributed by atoms with van der Waals surface area (Å²) in [6.07, 6.45) is 6.23. The third kappa shape index (κ3) is 2.16. The van der Waals surface area contributed by atoms with Gasteiger partial charge >= 0.3 is 0 Å². The van der Waals surface area contributed by atoms with E-state index in [1.54, 1.807) is 0 Å². The quantitative estimate of drug-likeness (QED) is 0.742. The van der Waals surface area contributed by atoms with Gasteiger partial charge in [0.2, 0.25) is 0 Å². The monoisotopic (exact) mass is 215 g/mol. The smallest absolute Gasteiger partial charge is 0.254 e. The average Bonchev–Trinajstić information content (AvgIpc) is 2.83. The van der Waals surface area contributed by atoms with Gasteiger partial charge in [0.1, 0.15) is 0 Å². The van der Waals surface area contributed by atoms with Crippen LogP contribution in [0.3, 0.4) is 0 Å². The minimum Gasteiger partial charge on any atom is -0.339 e. The first kappa shape index (κ1) is 10.9. The van der Waals surface area contributed by atoms with Crippen molar-refractivity contribution in [1.82, 2.24) is 4.90 Å². The van der Waals surface area contributed by atoms with Crippen molar-refractivity contribution in [2.45, 2.75) is 19.8 Å². The molecule has 1 saturated heterocycles. The van der Waals surface area contributed by atoms with E-state index in [1.165, 1.54) is 0 Å². The minimum absolute atomic E-state index is 0.172. The molecule has 2 rings (SSSR count). The molecular weight excluding hydrogens is 198 g/mol. The molecular formula is C14H17NO. The van der Waals surface area contributed by atoms with Gasteiger partial charge in [-0.3, -0.25) is 4.79 Å². The van der Waals surface area contributed by atoms with E-state index < -0.39 is 0 Å². The van der Waals surface area contributed by atoms with Crippen LogP contribution in [0.1, 0.15) is 35.7 Å². The number of hydrogen-bond donors (Lipinski definition) is 0. The number of nitrogens with zero attached hydrogens (tertiary/aromatic N) is 1. The zero-order chi connectivity index (χ0) is 11.4. The molecule has 0 aromatic heterocycles. The number of allylic oxidation sites excluding steroid dienone is 1. The van der Waals surface area contributed by atoms with Gasteiger partial charge in [0.15, 0.2) is 0 Å². The predicted molar refractivity (Wildman–Crippen MR) is 66.3 cm³/mol. The van der Waals surface area contributed by atoms with Crippen molar-refractivity contribution in [3.8, 4) is 0 Å². The fraction of sp³-hybridized carbons (Fsp3) is 0.357. The molecule has 1 aromatic rings. The molecule has 0 bridgehead atoms. The van der Waals surface area contributed by atoms with Crippen molar-refractivity contribution in [1.29, 1.82) is 0 Å². The van der Waals surface area contributed by atoms with Gasteiger partial charge in [0, 0.05) is 18.7 Å². The van der Waals surface area contributed by atoms with Gasteiger partial charge in [-0.2, -0.15) is 0 Å². The number of hydrogen-bond acceptors (Lipinski definition) is 1. The highest BCUT2D eigenvalue weighted by Gasteiger charge is 2.20. The van der Waals surface area contributed by atoms with Gasteiger partial charge in [-0.25, -0.2) is 0 Å². The van der Waals surface area contributed by atoms with Crippen molar-refractivity contribution >= 4 is 12.0 Å². The number of carbonyl (C=O) groups excluding carboxylic acids is 1. The van der Waals surface area contributed by atoms with Gasteiger partial charge < -0.3 is 4.90 Å². The van der Waals surface area contributed by atoms with Crippen molar-refractivity contribution in [3.63, 3.8) is 0 Å². The fourth-order valence-corrected chi connectivity index (χ4v) is 2.11. The second-order valence-electron chi connectivity index (χ2n) is 4.09. The average molecular weight is 215 g/mol. The summed E-state index contributed by atoms with van der Waals surface area (Å²) in [5, 5.41) is 0. The largest absolute Gasteiger partial charge is 0.339 e. The molecule has 0 spiro atoms. The van der Waals surface area contributed by atoms with Crippen LogP contribution in [0.2, 0.25) is 0 Å². The molecule has 0 unspecified atom stereocenters. The Bertz CT molecular complexity index is 403. The molecule has 2 nitrogen and oxygen atoms in total. The first-order valence-electron chi connectivity index (χ1n) is 5.84. The van der Waals surface area contributed by atoms with Crippen LogP contribution in [0.5, 0.6) is 0 Å². The molecule has 1 fully saturated rings. The molecule has 1 aliphatic rings. The summed E-state index contributed by atoms with van der Waals surface area (Å²) in [5.41, 5.74) is 1.84. The van der Waals surface area contributed by atoms with E-state index in [2.05, 4.69) is 0 Å². The van der Waals surface area contributed by atoms with Crippen LogP contribution in [-0.4, -0.2) is 23.9 Å². The van der Waals surface area contributed by atoms with Gasteiger partial charge in [-0.15, -0.1) is 0 Å². The zero-order valence-corrected chi connectivity index (χ0v) is 9.65. The number of benzene rings is 1. The van der Waals surface area contributed by atoms with Crippen LogP contribution in [0.25, 0.3) is 6.08 Å². The summed E-state index contributed by atoms with van der Waals surface area (Å²) >= 11 is 0. The van der Waals surface area contributed by atoms with Crippen LogP contribution in [-0.2, 0) is 0 Å². The lowest BCUT2D eigenvalue weighted by atomic mass is 10.1. The molecule has 1 heterocycles. The standard InChI is InChI=1S/C14H17NO/c1-2-7-12-8-3-4-9-13(12)14(16)15-10-5-6-11-15/h2-4,7-9H,5-6,10-11H2,1H3/b7-2+. The van der Waals surface area contributed by atoms with E-state index in [9.17, 15) is 4.79 Å². The summed E-state index contributed by atoms with van der Waals surface area (Å²) < 4.78 is 0. The van der Waals surface area contributed by atoms with E-state index >= 15 is 0 Å². The van der Waals surface area contributed by atoms with E-state index in [-0.39, 0.29) is 5.91 Å². The molecule has 1 aliphatic heterocycles. The van der Waals surface area contributed by atoms with Crippen LogP contribution in [0.4, 0.5) is 0 Å². The van der Waals surface area contributed by atoms with E-state index in [4.69, 9.17) is 0 Å². The molecule has 0 saturated carbocycles. The maximum atomic E-state index is 12.2. The topological polar surface area (TPSA) is 20.3 Å². The highest BCUT2D eigenvalue weighted by molar-refractivity contribution is 5.97. The lowest BCUT2D eigenvalue weighted by Crippen LogP contribution is -2.28. The molecule has 0 N–H and O–H groups in total. The lowest BCUT2D eigenvalue weighted by Gasteiger charge is -2.16. The fourth-order valence-electron chi connectivity index (χ4n) is 2.11. The predicted octanol–water partition coefficient (Wildman–Crippen LogP) is 2.96. The highest BCUT2D eigenvalue weighted by atomic mass is 16.2. The van der Waals surface area contributed by atoms with Crippen LogP contribution < -0.4 is 0 Å². The Kier molecular flexibility index (Phi) is 3.40. The van der Waals surface area contributed by atoms with E-state index in [0.29, 0.717) is 0 Å². The van der Waals surface area contributed by atoms with Crippen molar-refractivity contribution in [2.75, 3.05) is 13.1 Å². The first-order valence-corrected chi connectivity index (χ1v) is 5.84. The van der Waals surface area contributed by atoms with Crippen LogP contribution in [0, 0.1) is 0 Å². The lowest BCUT2D eigenvalue weighted by molar-refractivity contribution is 0.0792. The minimum atomic E-state index is 0.172. The number of amides is 1. The van der Waals surface area contributed by atoms with Gasteiger partial charge in [0.05, 0.1) is 0 Å². The maximum Gasteiger partial charge on any atom is 0.254 e. The summed E-state index contributed by atoms with van der Waals surface area (Å²) in [4.78, 5) is 14.2. The van der Waals surface area contributed by atoms with Gasteiger partial charge in [-0.1, -0.05) is 30.4 Å². The SMILES string of the molecule is C/C=C/c1ccccc1C(=O)N1CCCC1. The molecule has 2 heteroatoms. The Morgan fingerprint density at radius 1 is 1.25 bits per heavy atom. The molecule has 0 radical (unpaired) electrons. The molecule has 1 aromatic carbocycles. The zero-order valence-electron chi connectivity index (χ0n) is 9.65. The van der Waals surface area contributed by atoms with E-state index in [0.717, 1.165) is 37.1 Å². The Morgan fingerprint density at radius 2 is 1.94 bits per heavy atom. The molecule has 0 atom stereocenters. The molecule has 1 amide bonds. The third-order valence-electron chi connectivity index (χ3n) is 2.93. The molecule has 0 aliphatic carbocycles. The summed E-state index contributed by atoms with van der Waals surface area (Å²) in [7, 11) is 0. The van der Waals surface area contributed by atoms with Gasteiger partial charge in [-0.05, 0) is 31.4 Å². The normalized spacial score (nSPS) is 15.9. The number of likely N-dealkylation sites (tertiary alicyclic amines) is 1. The van der Waals surface area contributed by atoms with Crippen molar-refractivity contribution < 1.29 is 4.79 Å². The highest BCUT2D eigenvalue weighted by Crippen LogP contribution is 2.17. The van der Waals surface area contributed by atoms with Crippen molar-refractivity contribution in [2.24, 2.45) is 0 Å².